The van der Waals surface area contributed by atoms with Gasteiger partial charge in [-0.3, -0.25) is 0 Å². The smallest absolute Gasteiger partial charge is 0.410 e. The number of ether oxygens (including phenoxy) is 1. The lowest BCUT2D eigenvalue weighted by atomic mass is 10.0. The van der Waals surface area contributed by atoms with Gasteiger partial charge in [0.15, 0.2) is 0 Å². The number of hydrogen-bond acceptors (Lipinski definition) is 6. The van der Waals surface area contributed by atoms with E-state index >= 15 is 0 Å². The van der Waals surface area contributed by atoms with E-state index in [1.54, 1.807) is 41.1 Å². The number of nitrogens with zero attached hydrogens (tertiary/aromatic N) is 3. The Labute approximate surface area is 148 Å². The highest BCUT2D eigenvalue weighted by Gasteiger charge is 2.36. The fourth-order valence-corrected chi connectivity index (χ4v) is 2.87. The Morgan fingerprint density at radius 1 is 1.52 bits per heavy atom. The number of nitrogens with one attached hydrogen (secondary N) is 1. The van der Waals surface area contributed by atoms with Crippen molar-refractivity contribution >= 4 is 23.3 Å². The number of halogens is 1. The molecule has 3 N–H and O–H groups in total. The van der Waals surface area contributed by atoms with Gasteiger partial charge in [-0.05, 0) is 33.3 Å². The van der Waals surface area contributed by atoms with Gasteiger partial charge in [-0.2, -0.15) is 0 Å². The number of nitrogens with two attached hydrogens (primary N) is 1. The van der Waals surface area contributed by atoms with Gasteiger partial charge in [0, 0.05) is 20.6 Å². The molecule has 25 heavy (non-hydrogen) atoms. The van der Waals surface area contributed by atoms with Gasteiger partial charge < -0.3 is 25.6 Å². The van der Waals surface area contributed by atoms with E-state index in [2.05, 4.69) is 10.3 Å². The van der Waals surface area contributed by atoms with Crippen molar-refractivity contribution in [1.29, 1.82) is 0 Å². The fraction of sp³-hybridized carbons (Fsp3) is 0.647. The molecule has 1 amide bonds. The number of carbonyl (C=O) groups is 1. The first-order valence-corrected chi connectivity index (χ1v) is 8.40. The van der Waals surface area contributed by atoms with Gasteiger partial charge >= 0.3 is 6.09 Å². The summed E-state index contributed by atoms with van der Waals surface area (Å²) in [6, 6.07) is 1.35. The zero-order valence-corrected chi connectivity index (χ0v) is 15.5. The van der Waals surface area contributed by atoms with Crippen molar-refractivity contribution in [3.8, 4) is 0 Å². The largest absolute Gasteiger partial charge is 0.444 e. The summed E-state index contributed by atoms with van der Waals surface area (Å²) in [5.74, 6) is 0.405. The highest BCUT2D eigenvalue weighted by molar-refractivity contribution is 5.69. The molecule has 1 saturated heterocycles. The molecule has 2 atom stereocenters. The van der Waals surface area contributed by atoms with E-state index in [1.807, 2.05) is 11.0 Å². The Morgan fingerprint density at radius 2 is 2.20 bits per heavy atom. The number of aromatic nitrogens is 1. The summed E-state index contributed by atoms with van der Waals surface area (Å²) in [4.78, 5) is 19.6. The number of hydrogen-bond donors (Lipinski definition) is 2. The number of anilines is 3. The van der Waals surface area contributed by atoms with Crippen LogP contribution in [0.5, 0.6) is 0 Å². The van der Waals surface area contributed by atoms with Crippen molar-refractivity contribution in [2.45, 2.75) is 45.0 Å². The summed E-state index contributed by atoms with van der Waals surface area (Å²) >= 11 is 0. The molecule has 0 aromatic carbocycles. The second kappa shape index (κ2) is 7.33. The zero-order valence-electron chi connectivity index (χ0n) is 15.5. The molecular formula is C17H28FN5O2. The summed E-state index contributed by atoms with van der Waals surface area (Å²) in [6.45, 7) is 6.19. The van der Waals surface area contributed by atoms with Gasteiger partial charge in [0.1, 0.15) is 17.6 Å². The molecule has 0 aliphatic carbocycles. The minimum atomic E-state index is -1.18. The second-order valence-corrected chi connectivity index (χ2v) is 7.29. The molecule has 0 spiro atoms. The summed E-state index contributed by atoms with van der Waals surface area (Å²) in [6.07, 6.45) is 0.471. The maximum Gasteiger partial charge on any atom is 0.410 e. The van der Waals surface area contributed by atoms with E-state index in [0.29, 0.717) is 24.5 Å². The molecule has 0 radical (unpaired) electrons. The van der Waals surface area contributed by atoms with Gasteiger partial charge in [0.25, 0.3) is 0 Å². The van der Waals surface area contributed by atoms with Crippen LogP contribution >= 0.6 is 0 Å². The number of amides is 1. The summed E-state index contributed by atoms with van der Waals surface area (Å²) < 4.78 is 20.1. The van der Waals surface area contributed by atoms with Crippen molar-refractivity contribution in [3.63, 3.8) is 0 Å². The first-order chi connectivity index (χ1) is 11.6. The quantitative estimate of drug-likeness (QED) is 0.869. The van der Waals surface area contributed by atoms with Crippen LogP contribution in [0.1, 0.15) is 27.2 Å². The van der Waals surface area contributed by atoms with Crippen molar-refractivity contribution in [2.24, 2.45) is 0 Å². The topological polar surface area (TPSA) is 83.7 Å². The molecule has 0 saturated carbocycles. The van der Waals surface area contributed by atoms with Gasteiger partial charge in [-0.25, -0.2) is 14.2 Å². The second-order valence-electron chi connectivity index (χ2n) is 7.29. The molecule has 1 aromatic heterocycles. The Kier molecular flexibility index (Phi) is 5.59. The number of rotatable bonds is 3. The Bertz CT molecular complexity index is 620. The molecular weight excluding hydrogens is 325 g/mol. The van der Waals surface area contributed by atoms with Crippen LogP contribution in [0.2, 0.25) is 0 Å². The Morgan fingerprint density at radius 3 is 2.76 bits per heavy atom. The lowest BCUT2D eigenvalue weighted by Gasteiger charge is -2.40. The monoisotopic (exact) mass is 353 g/mol. The molecule has 2 unspecified atom stereocenters. The minimum absolute atomic E-state index is 0.187. The lowest BCUT2D eigenvalue weighted by Crippen LogP contribution is -2.53. The number of alkyl halides is 1. The van der Waals surface area contributed by atoms with Crippen molar-refractivity contribution in [1.82, 2.24) is 9.88 Å². The molecule has 0 bridgehead atoms. The van der Waals surface area contributed by atoms with Crippen LogP contribution in [0.4, 0.5) is 26.4 Å². The maximum absolute atomic E-state index is 14.7. The third kappa shape index (κ3) is 4.64. The zero-order chi connectivity index (χ0) is 18.8. The minimum Gasteiger partial charge on any atom is -0.444 e. The first-order valence-electron chi connectivity index (χ1n) is 8.40. The highest BCUT2D eigenvalue weighted by Crippen LogP contribution is 2.28. The normalized spacial score (nSPS) is 21.0. The number of piperidine rings is 1. The van der Waals surface area contributed by atoms with E-state index in [1.165, 1.54) is 4.90 Å². The predicted octanol–water partition coefficient (Wildman–Crippen LogP) is 2.49. The van der Waals surface area contributed by atoms with Crippen LogP contribution in [0.3, 0.4) is 0 Å². The molecule has 140 valence electrons. The summed E-state index contributed by atoms with van der Waals surface area (Å²) in [5, 5.41) is 2.97. The van der Waals surface area contributed by atoms with Crippen LogP contribution < -0.4 is 16.0 Å². The molecule has 1 aliphatic heterocycles. The van der Waals surface area contributed by atoms with E-state index in [4.69, 9.17) is 10.5 Å². The van der Waals surface area contributed by atoms with E-state index in [-0.39, 0.29) is 6.54 Å². The summed E-state index contributed by atoms with van der Waals surface area (Å²) in [7, 11) is 3.35. The highest BCUT2D eigenvalue weighted by atomic mass is 19.1. The fourth-order valence-electron chi connectivity index (χ4n) is 2.87. The van der Waals surface area contributed by atoms with E-state index < -0.39 is 23.9 Å². The van der Waals surface area contributed by atoms with Crippen LogP contribution in [0, 0.1) is 0 Å². The number of nitrogen functional groups attached to an aromatic ring is 1. The van der Waals surface area contributed by atoms with Gasteiger partial charge in [0.2, 0.25) is 0 Å². The van der Waals surface area contributed by atoms with Crippen molar-refractivity contribution in [3.05, 3.63) is 12.3 Å². The number of carbonyl (C=O) groups excluding carboxylic acids is 1. The molecule has 1 aliphatic rings. The van der Waals surface area contributed by atoms with Crippen molar-refractivity contribution in [2.75, 3.05) is 43.1 Å². The Balaban J connectivity index is 2.03. The molecule has 2 rings (SSSR count). The van der Waals surface area contributed by atoms with Crippen LogP contribution in [0.15, 0.2) is 12.3 Å². The molecule has 7 nitrogen and oxygen atoms in total. The lowest BCUT2D eigenvalue weighted by molar-refractivity contribution is 0.0106. The standard InChI is InChI=1S/C17H28FN5O2/c1-17(2,3)25-16(24)22(5)14-6-7-23(10-12(14)18)11-8-13(20-4)15(19)21-9-11/h8-9,12,14,20H,6-7,10H2,1-5H3,(H2,19,21). The Hall–Kier alpha value is -2.25. The number of pyridine rings is 1. The maximum atomic E-state index is 14.7. The van der Waals surface area contributed by atoms with Gasteiger partial charge in [-0.1, -0.05) is 0 Å². The molecule has 8 heteroatoms. The third-order valence-corrected chi connectivity index (χ3v) is 4.22. The van der Waals surface area contributed by atoms with E-state index in [9.17, 15) is 9.18 Å². The predicted molar refractivity (Wildman–Crippen MR) is 97.7 cm³/mol. The van der Waals surface area contributed by atoms with E-state index in [0.717, 1.165) is 5.69 Å². The third-order valence-electron chi connectivity index (χ3n) is 4.22. The molecule has 2 heterocycles. The van der Waals surface area contributed by atoms with Gasteiger partial charge in [0.05, 0.1) is 30.2 Å². The summed E-state index contributed by atoms with van der Waals surface area (Å²) in [5.41, 5.74) is 6.69. The van der Waals surface area contributed by atoms with Crippen LogP contribution in [-0.4, -0.2) is 61.0 Å². The average molecular weight is 353 g/mol. The van der Waals surface area contributed by atoms with Crippen molar-refractivity contribution < 1.29 is 13.9 Å². The van der Waals surface area contributed by atoms with Crippen LogP contribution in [0.25, 0.3) is 0 Å². The molecule has 1 aromatic rings. The average Bonchev–Trinajstić information content (AvgIpc) is 2.53. The SMILES string of the molecule is CNc1cc(N2CCC(N(C)C(=O)OC(C)(C)C)C(F)C2)cnc1N. The first kappa shape index (κ1) is 19.1. The van der Waals surface area contributed by atoms with Crippen LogP contribution in [-0.2, 0) is 4.74 Å². The van der Waals surface area contributed by atoms with Gasteiger partial charge in [-0.15, -0.1) is 0 Å². The molecule has 1 fully saturated rings.